The Labute approximate surface area is 199 Å². The molecule has 4 rings (SSSR count). The summed E-state index contributed by atoms with van der Waals surface area (Å²) in [7, 11) is 2.95. The van der Waals surface area contributed by atoms with Crippen LogP contribution in [0.15, 0.2) is 96.7 Å². The largest absolute Gasteiger partial charge is 0.497 e. The van der Waals surface area contributed by atoms with Crippen molar-refractivity contribution in [2.45, 2.75) is 25.0 Å². The van der Waals surface area contributed by atoms with E-state index in [1.165, 1.54) is 13.2 Å². The minimum atomic E-state index is -0.524. The van der Waals surface area contributed by atoms with E-state index >= 15 is 0 Å². The van der Waals surface area contributed by atoms with Crippen LogP contribution < -0.4 is 10.1 Å². The summed E-state index contributed by atoms with van der Waals surface area (Å²) in [6.07, 6.45) is 1.35. The van der Waals surface area contributed by atoms with E-state index < -0.39 is 12.0 Å². The maximum atomic E-state index is 13.6. The molecular weight excluding hydrogens is 428 g/mol. The monoisotopic (exact) mass is 456 g/mol. The first-order chi connectivity index (χ1) is 16.5. The molecule has 34 heavy (non-hydrogen) atoms. The number of esters is 1. The van der Waals surface area contributed by atoms with Gasteiger partial charge in [0.1, 0.15) is 11.8 Å². The minimum Gasteiger partial charge on any atom is -0.497 e. The molecule has 1 amide bonds. The molecule has 3 aromatic carbocycles. The van der Waals surface area contributed by atoms with E-state index in [0.717, 1.165) is 22.4 Å². The highest BCUT2D eigenvalue weighted by atomic mass is 16.5. The number of nitrogens with zero attached hydrogens (tertiary/aromatic N) is 1. The molecule has 1 heterocycles. The summed E-state index contributed by atoms with van der Waals surface area (Å²) in [5.74, 6) is 0.229. The first kappa shape index (κ1) is 23.1. The van der Waals surface area contributed by atoms with Gasteiger partial charge in [-0.05, 0) is 35.7 Å². The van der Waals surface area contributed by atoms with Gasteiger partial charge in [0, 0.05) is 11.8 Å². The molecule has 0 spiro atoms. The number of hydrogen-bond donors (Lipinski definition) is 1. The van der Waals surface area contributed by atoms with Crippen LogP contribution in [0.25, 0.3) is 0 Å². The number of carbonyl (C=O) groups is 2. The number of nitrogens with one attached hydrogen (secondary N) is 1. The fraction of sp³-hybridized carbons (Fsp3) is 0.214. The molecule has 2 atom stereocenters. The summed E-state index contributed by atoms with van der Waals surface area (Å²) in [4.78, 5) is 27.3. The second kappa shape index (κ2) is 10.3. The molecule has 0 bridgehead atoms. The standard InChI is InChI=1S/C28H28N2O4/c1-19(18-24(31)34-3)29-25-27(22-14-16-23(33-2)17-15-22)30(28(25)32)26(20-10-6-4-7-11-20)21-12-8-5-9-13-21/h4-18,25-27,29H,1-3H3/b19-18+. The third kappa shape index (κ3) is 4.66. The second-order valence-electron chi connectivity index (χ2n) is 8.16. The highest BCUT2D eigenvalue weighted by Crippen LogP contribution is 2.45. The number of hydrogen-bond acceptors (Lipinski definition) is 5. The molecule has 174 valence electrons. The predicted molar refractivity (Wildman–Crippen MR) is 130 cm³/mol. The molecular formula is C28H28N2O4. The van der Waals surface area contributed by atoms with Crippen molar-refractivity contribution < 1.29 is 19.1 Å². The molecule has 6 heteroatoms. The molecule has 2 unspecified atom stereocenters. The molecule has 6 nitrogen and oxygen atoms in total. The zero-order valence-corrected chi connectivity index (χ0v) is 19.5. The fourth-order valence-electron chi connectivity index (χ4n) is 4.40. The molecule has 0 saturated carbocycles. The second-order valence-corrected chi connectivity index (χ2v) is 8.16. The predicted octanol–water partition coefficient (Wildman–Crippen LogP) is 4.40. The van der Waals surface area contributed by atoms with Crippen molar-refractivity contribution >= 4 is 11.9 Å². The van der Waals surface area contributed by atoms with Crippen LogP contribution in [0.3, 0.4) is 0 Å². The molecule has 0 radical (unpaired) electrons. The summed E-state index contributed by atoms with van der Waals surface area (Å²) in [5.41, 5.74) is 3.60. The Kier molecular flexibility index (Phi) is 6.97. The van der Waals surface area contributed by atoms with E-state index in [9.17, 15) is 9.59 Å². The van der Waals surface area contributed by atoms with E-state index in [2.05, 4.69) is 5.32 Å². The summed E-state index contributed by atoms with van der Waals surface area (Å²) in [6.45, 7) is 1.75. The Bertz CT molecular complexity index is 1120. The van der Waals surface area contributed by atoms with Gasteiger partial charge in [-0.25, -0.2) is 4.79 Å². The average Bonchev–Trinajstić information content (AvgIpc) is 2.88. The lowest BCUT2D eigenvalue weighted by Crippen LogP contribution is -2.65. The molecule has 1 saturated heterocycles. The molecule has 1 N–H and O–H groups in total. The van der Waals surface area contributed by atoms with Crippen LogP contribution in [0.2, 0.25) is 0 Å². The van der Waals surface area contributed by atoms with Crippen LogP contribution in [0.1, 0.15) is 35.7 Å². The average molecular weight is 457 g/mol. The van der Waals surface area contributed by atoms with Gasteiger partial charge in [0.2, 0.25) is 5.91 Å². The van der Waals surface area contributed by atoms with E-state index in [-0.39, 0.29) is 18.0 Å². The molecule has 3 aromatic rings. The summed E-state index contributed by atoms with van der Waals surface area (Å²) < 4.78 is 10.1. The van der Waals surface area contributed by atoms with Crippen LogP contribution in [-0.2, 0) is 14.3 Å². The minimum absolute atomic E-state index is 0.0452. The Hall–Kier alpha value is -4.06. The molecule has 1 fully saturated rings. The van der Waals surface area contributed by atoms with Crippen LogP contribution in [0, 0.1) is 0 Å². The van der Waals surface area contributed by atoms with Gasteiger partial charge in [-0.3, -0.25) is 4.79 Å². The van der Waals surface area contributed by atoms with Gasteiger partial charge < -0.3 is 19.7 Å². The SMILES string of the molecule is COC(=O)/C=C(\C)NC1C(=O)N(C(c2ccccc2)c2ccccc2)C1c1ccc(OC)cc1. The number of rotatable bonds is 8. The lowest BCUT2D eigenvalue weighted by Gasteiger charge is -2.52. The molecule has 1 aliphatic rings. The van der Waals surface area contributed by atoms with Crippen LogP contribution in [0.5, 0.6) is 5.75 Å². The van der Waals surface area contributed by atoms with E-state index in [1.807, 2.05) is 89.8 Å². The third-order valence-electron chi connectivity index (χ3n) is 6.02. The zero-order valence-electron chi connectivity index (χ0n) is 19.5. The molecule has 1 aliphatic heterocycles. The highest BCUT2D eigenvalue weighted by Gasteiger charge is 2.51. The van der Waals surface area contributed by atoms with Gasteiger partial charge in [-0.2, -0.15) is 0 Å². The molecule has 0 aliphatic carbocycles. The topological polar surface area (TPSA) is 67.9 Å². The lowest BCUT2D eigenvalue weighted by molar-refractivity contribution is -0.154. The van der Waals surface area contributed by atoms with E-state index in [4.69, 9.17) is 9.47 Å². The Balaban J connectivity index is 1.76. The van der Waals surface area contributed by atoms with Crippen molar-refractivity contribution in [3.63, 3.8) is 0 Å². The summed E-state index contributed by atoms with van der Waals surface area (Å²) in [6, 6.07) is 26.7. The van der Waals surface area contributed by atoms with Crippen molar-refractivity contribution in [2.24, 2.45) is 0 Å². The quantitative estimate of drug-likeness (QED) is 0.309. The van der Waals surface area contributed by atoms with Gasteiger partial charge >= 0.3 is 5.97 Å². The Morgan fingerprint density at radius 2 is 1.47 bits per heavy atom. The van der Waals surface area contributed by atoms with Gasteiger partial charge in [0.05, 0.1) is 26.3 Å². The Morgan fingerprint density at radius 1 is 0.912 bits per heavy atom. The number of ether oxygens (including phenoxy) is 2. The van der Waals surface area contributed by atoms with Crippen LogP contribution in [-0.4, -0.2) is 37.0 Å². The maximum Gasteiger partial charge on any atom is 0.332 e. The van der Waals surface area contributed by atoms with Gasteiger partial charge in [0.25, 0.3) is 0 Å². The number of amides is 1. The molecule has 0 aromatic heterocycles. The highest BCUT2D eigenvalue weighted by molar-refractivity contribution is 5.91. The third-order valence-corrected chi connectivity index (χ3v) is 6.02. The lowest BCUT2D eigenvalue weighted by atomic mass is 9.83. The Morgan fingerprint density at radius 3 is 1.97 bits per heavy atom. The first-order valence-electron chi connectivity index (χ1n) is 11.1. The number of likely N-dealkylation sites (tertiary alicyclic amines) is 1. The van der Waals surface area contributed by atoms with E-state index in [0.29, 0.717) is 5.70 Å². The number of allylic oxidation sites excluding steroid dienone is 1. The van der Waals surface area contributed by atoms with E-state index in [1.54, 1.807) is 14.0 Å². The van der Waals surface area contributed by atoms with Crippen molar-refractivity contribution in [1.82, 2.24) is 10.2 Å². The number of β-lactam (4-membered cyclic amide) rings is 1. The number of benzene rings is 3. The number of carbonyl (C=O) groups excluding carboxylic acids is 2. The summed E-state index contributed by atoms with van der Waals surface area (Å²) in [5, 5.41) is 3.23. The smallest absolute Gasteiger partial charge is 0.332 e. The van der Waals surface area contributed by atoms with Crippen LogP contribution in [0.4, 0.5) is 0 Å². The zero-order chi connectivity index (χ0) is 24.1. The summed E-state index contributed by atoms with van der Waals surface area (Å²) >= 11 is 0. The fourth-order valence-corrected chi connectivity index (χ4v) is 4.40. The van der Waals surface area contributed by atoms with Crippen LogP contribution >= 0.6 is 0 Å². The van der Waals surface area contributed by atoms with Gasteiger partial charge in [-0.1, -0.05) is 72.8 Å². The maximum absolute atomic E-state index is 13.6. The van der Waals surface area contributed by atoms with Crippen molar-refractivity contribution in [3.05, 3.63) is 113 Å². The normalized spacial score (nSPS) is 17.8. The first-order valence-corrected chi connectivity index (χ1v) is 11.1. The van der Waals surface area contributed by atoms with Crippen molar-refractivity contribution in [1.29, 1.82) is 0 Å². The van der Waals surface area contributed by atoms with Gasteiger partial charge in [0.15, 0.2) is 0 Å². The van der Waals surface area contributed by atoms with Crippen molar-refractivity contribution in [3.8, 4) is 5.75 Å². The van der Waals surface area contributed by atoms with Gasteiger partial charge in [-0.15, -0.1) is 0 Å². The number of methoxy groups -OCH3 is 2. The van der Waals surface area contributed by atoms with Crippen molar-refractivity contribution in [2.75, 3.05) is 14.2 Å².